The highest BCUT2D eigenvalue weighted by molar-refractivity contribution is 5.94. The Kier molecular flexibility index (Phi) is 6.68. The summed E-state index contributed by atoms with van der Waals surface area (Å²) in [7, 11) is 0. The molecule has 0 spiro atoms. The minimum Gasteiger partial charge on any atom is -0.491 e. The average Bonchev–Trinajstić information content (AvgIpc) is 2.73. The Morgan fingerprint density at radius 1 is 0.893 bits per heavy atom. The van der Waals surface area contributed by atoms with Gasteiger partial charge in [-0.25, -0.2) is 0 Å². The van der Waals surface area contributed by atoms with Crippen molar-refractivity contribution in [1.82, 2.24) is 5.32 Å². The van der Waals surface area contributed by atoms with Crippen molar-refractivity contribution in [2.75, 3.05) is 13.2 Å². The second-order valence-electron chi connectivity index (χ2n) is 6.68. The molecule has 144 valence electrons. The fraction of sp³-hybridized carbons (Fsp3) is 0.208. The van der Waals surface area contributed by atoms with E-state index in [2.05, 4.69) is 11.4 Å². The molecule has 0 atom stereocenters. The summed E-state index contributed by atoms with van der Waals surface area (Å²) in [6.45, 7) is 5.35. The summed E-state index contributed by atoms with van der Waals surface area (Å²) in [6, 6.07) is 23.2. The third-order valence-electron chi connectivity index (χ3n) is 4.33. The first-order valence-electron chi connectivity index (χ1n) is 9.37. The van der Waals surface area contributed by atoms with Gasteiger partial charge in [-0.15, -0.1) is 0 Å². The van der Waals surface area contributed by atoms with Crippen LogP contribution in [0.1, 0.15) is 27.0 Å². The predicted molar refractivity (Wildman–Crippen MR) is 111 cm³/mol. The van der Waals surface area contributed by atoms with E-state index in [0.29, 0.717) is 31.1 Å². The van der Waals surface area contributed by atoms with Crippen LogP contribution in [-0.4, -0.2) is 19.1 Å². The quantitative estimate of drug-likeness (QED) is 0.581. The van der Waals surface area contributed by atoms with Crippen LogP contribution in [0.4, 0.5) is 0 Å². The maximum Gasteiger partial charge on any atom is 0.251 e. The van der Waals surface area contributed by atoms with Crippen LogP contribution in [0.3, 0.4) is 0 Å². The number of nitrogens with one attached hydrogen (secondary N) is 1. The van der Waals surface area contributed by atoms with E-state index in [4.69, 9.17) is 9.47 Å². The Morgan fingerprint density at radius 2 is 1.71 bits per heavy atom. The van der Waals surface area contributed by atoms with Gasteiger partial charge in [-0.1, -0.05) is 48.5 Å². The molecule has 0 bridgehead atoms. The second-order valence-corrected chi connectivity index (χ2v) is 6.68. The fourth-order valence-electron chi connectivity index (χ4n) is 2.76. The highest BCUT2D eigenvalue weighted by Crippen LogP contribution is 2.19. The van der Waals surface area contributed by atoms with Gasteiger partial charge in [0.2, 0.25) is 0 Å². The Balaban J connectivity index is 1.48. The van der Waals surface area contributed by atoms with Crippen LogP contribution in [0.15, 0.2) is 72.8 Å². The Bertz CT molecular complexity index is 922. The molecule has 0 aromatic heterocycles. The lowest BCUT2D eigenvalue weighted by Crippen LogP contribution is -2.28. The highest BCUT2D eigenvalue weighted by Gasteiger charge is 2.07. The fourth-order valence-corrected chi connectivity index (χ4v) is 2.76. The van der Waals surface area contributed by atoms with Crippen LogP contribution < -0.4 is 14.8 Å². The van der Waals surface area contributed by atoms with Gasteiger partial charge in [-0.2, -0.15) is 0 Å². The first-order valence-corrected chi connectivity index (χ1v) is 9.37. The smallest absolute Gasteiger partial charge is 0.251 e. The van der Waals surface area contributed by atoms with Crippen molar-refractivity contribution in [2.45, 2.75) is 20.5 Å². The van der Waals surface area contributed by atoms with Crippen LogP contribution >= 0.6 is 0 Å². The van der Waals surface area contributed by atoms with E-state index in [1.54, 1.807) is 12.1 Å². The van der Waals surface area contributed by atoms with Crippen molar-refractivity contribution in [3.8, 4) is 11.5 Å². The van der Waals surface area contributed by atoms with E-state index in [9.17, 15) is 4.79 Å². The van der Waals surface area contributed by atoms with Gasteiger partial charge < -0.3 is 14.8 Å². The predicted octanol–water partition coefficient (Wildman–Crippen LogP) is 4.69. The zero-order chi connectivity index (χ0) is 19.8. The molecule has 4 nitrogen and oxygen atoms in total. The molecule has 1 N–H and O–H groups in total. The summed E-state index contributed by atoms with van der Waals surface area (Å²) in [6.07, 6.45) is 0. The minimum atomic E-state index is -0.144. The van der Waals surface area contributed by atoms with Crippen LogP contribution in [0.2, 0.25) is 0 Å². The molecule has 0 saturated heterocycles. The average molecular weight is 375 g/mol. The first-order chi connectivity index (χ1) is 13.6. The van der Waals surface area contributed by atoms with Gasteiger partial charge >= 0.3 is 0 Å². The minimum absolute atomic E-state index is 0.144. The standard InChI is InChI=1S/C24H25NO3/c1-18-11-12-19(2)23(15-18)27-14-13-25-24(26)21-9-6-10-22(16-21)28-17-20-7-4-3-5-8-20/h3-12,15-16H,13-14,17H2,1-2H3,(H,25,26). The van der Waals surface area contributed by atoms with Gasteiger partial charge in [0.15, 0.2) is 0 Å². The van der Waals surface area contributed by atoms with Crippen LogP contribution in [0.5, 0.6) is 11.5 Å². The topological polar surface area (TPSA) is 47.6 Å². The number of hydrogen-bond donors (Lipinski definition) is 1. The molecule has 3 rings (SSSR count). The van der Waals surface area contributed by atoms with Gasteiger partial charge in [-0.3, -0.25) is 4.79 Å². The number of rotatable bonds is 8. The third-order valence-corrected chi connectivity index (χ3v) is 4.33. The van der Waals surface area contributed by atoms with Crippen LogP contribution in [0.25, 0.3) is 0 Å². The number of benzene rings is 3. The number of carbonyl (C=O) groups excluding carboxylic acids is 1. The van der Waals surface area contributed by atoms with Gasteiger partial charge in [0.25, 0.3) is 5.91 Å². The summed E-state index contributed by atoms with van der Waals surface area (Å²) in [5, 5.41) is 2.88. The molecule has 0 heterocycles. The summed E-state index contributed by atoms with van der Waals surface area (Å²) < 4.78 is 11.6. The molecular formula is C24H25NO3. The molecule has 28 heavy (non-hydrogen) atoms. The molecule has 0 unspecified atom stereocenters. The second kappa shape index (κ2) is 9.60. The molecule has 4 heteroatoms. The number of carbonyl (C=O) groups is 1. The van der Waals surface area contributed by atoms with Crippen molar-refractivity contribution in [1.29, 1.82) is 0 Å². The van der Waals surface area contributed by atoms with Crippen molar-refractivity contribution >= 4 is 5.91 Å². The van der Waals surface area contributed by atoms with Crippen LogP contribution in [-0.2, 0) is 6.61 Å². The molecule has 3 aromatic carbocycles. The first kappa shape index (κ1) is 19.5. The molecule has 0 radical (unpaired) electrons. The molecule has 0 aliphatic heterocycles. The van der Waals surface area contributed by atoms with Gasteiger partial charge in [0.05, 0.1) is 6.54 Å². The van der Waals surface area contributed by atoms with E-state index in [1.165, 1.54) is 0 Å². The molecule has 0 aliphatic rings. The van der Waals surface area contributed by atoms with Gasteiger partial charge in [0, 0.05) is 5.56 Å². The highest BCUT2D eigenvalue weighted by atomic mass is 16.5. The molecule has 0 saturated carbocycles. The molecule has 3 aromatic rings. The molecule has 0 fully saturated rings. The van der Waals surface area contributed by atoms with E-state index >= 15 is 0 Å². The molecular weight excluding hydrogens is 350 g/mol. The lowest BCUT2D eigenvalue weighted by molar-refractivity contribution is 0.0946. The summed E-state index contributed by atoms with van der Waals surface area (Å²) >= 11 is 0. The summed E-state index contributed by atoms with van der Waals surface area (Å²) in [5.41, 5.74) is 3.88. The summed E-state index contributed by atoms with van der Waals surface area (Å²) in [4.78, 5) is 12.4. The number of aryl methyl sites for hydroxylation is 2. The normalized spacial score (nSPS) is 10.4. The zero-order valence-electron chi connectivity index (χ0n) is 16.3. The molecule has 0 aliphatic carbocycles. The maximum absolute atomic E-state index is 12.4. The third kappa shape index (κ3) is 5.61. The van der Waals surface area contributed by atoms with Gasteiger partial charge in [0.1, 0.15) is 24.7 Å². The van der Waals surface area contributed by atoms with Crippen molar-refractivity contribution < 1.29 is 14.3 Å². The van der Waals surface area contributed by atoms with E-state index < -0.39 is 0 Å². The Labute approximate surface area is 166 Å². The number of hydrogen-bond acceptors (Lipinski definition) is 3. The molecule has 1 amide bonds. The lowest BCUT2D eigenvalue weighted by atomic mass is 10.1. The Morgan fingerprint density at radius 3 is 2.54 bits per heavy atom. The van der Waals surface area contributed by atoms with E-state index in [0.717, 1.165) is 22.4 Å². The van der Waals surface area contributed by atoms with Crippen molar-refractivity contribution in [3.05, 3.63) is 95.1 Å². The SMILES string of the molecule is Cc1ccc(C)c(OCCNC(=O)c2cccc(OCc3ccccc3)c2)c1. The summed E-state index contributed by atoms with van der Waals surface area (Å²) in [5.74, 6) is 1.38. The van der Waals surface area contributed by atoms with E-state index in [1.807, 2.05) is 68.4 Å². The lowest BCUT2D eigenvalue weighted by Gasteiger charge is -2.11. The van der Waals surface area contributed by atoms with Gasteiger partial charge in [-0.05, 0) is 54.8 Å². The largest absolute Gasteiger partial charge is 0.491 e. The van der Waals surface area contributed by atoms with Crippen molar-refractivity contribution in [3.63, 3.8) is 0 Å². The maximum atomic E-state index is 12.4. The van der Waals surface area contributed by atoms with Crippen molar-refractivity contribution in [2.24, 2.45) is 0 Å². The monoisotopic (exact) mass is 375 g/mol. The Hall–Kier alpha value is -3.27. The van der Waals surface area contributed by atoms with E-state index in [-0.39, 0.29) is 5.91 Å². The van der Waals surface area contributed by atoms with Crippen LogP contribution in [0, 0.1) is 13.8 Å². The zero-order valence-corrected chi connectivity index (χ0v) is 16.3. The number of ether oxygens (including phenoxy) is 2. The number of amides is 1.